The predicted octanol–water partition coefficient (Wildman–Crippen LogP) is 4.14. The van der Waals surface area contributed by atoms with Crippen LogP contribution in [0.1, 0.15) is 28.2 Å². The van der Waals surface area contributed by atoms with Crippen LogP contribution in [0.2, 0.25) is 0 Å². The molecule has 2 N–H and O–H groups in total. The number of carbonyl (C=O) groups excluding carboxylic acids is 2. The van der Waals surface area contributed by atoms with Gasteiger partial charge in [-0.15, -0.1) is 17.8 Å². The van der Waals surface area contributed by atoms with Gasteiger partial charge in [0, 0.05) is 29.9 Å². The van der Waals surface area contributed by atoms with Crippen LogP contribution in [-0.4, -0.2) is 57.2 Å². The van der Waals surface area contributed by atoms with Crippen molar-refractivity contribution in [1.29, 1.82) is 0 Å². The zero-order valence-corrected chi connectivity index (χ0v) is 20.0. The summed E-state index contributed by atoms with van der Waals surface area (Å²) >= 11 is 1.34. The zero-order valence-electron chi connectivity index (χ0n) is 19.2. The number of hydrogen-bond acceptors (Lipinski definition) is 6. The highest BCUT2D eigenvalue weighted by Crippen LogP contribution is 2.37. The summed E-state index contributed by atoms with van der Waals surface area (Å²) in [5, 5.41) is 13.1. The van der Waals surface area contributed by atoms with Crippen LogP contribution in [-0.2, 0) is 0 Å². The van der Waals surface area contributed by atoms with Gasteiger partial charge >= 0.3 is 6.03 Å². The molecule has 1 aromatic carbocycles. The first-order valence-corrected chi connectivity index (χ1v) is 12.1. The molecule has 178 valence electrons. The van der Waals surface area contributed by atoms with Gasteiger partial charge in [-0.1, -0.05) is 5.92 Å². The van der Waals surface area contributed by atoms with E-state index in [2.05, 4.69) is 16.2 Å². The number of aliphatic hydroxyl groups excluding tert-OH is 1. The van der Waals surface area contributed by atoms with Crippen LogP contribution < -0.4 is 10.1 Å². The number of terminal acetylenes is 1. The Labute approximate surface area is 206 Å². The van der Waals surface area contributed by atoms with Crippen LogP contribution in [0.3, 0.4) is 0 Å². The number of nitrogens with one attached hydrogen (secondary N) is 1. The number of pyridine rings is 1. The van der Waals surface area contributed by atoms with Crippen LogP contribution in [0.15, 0.2) is 42.6 Å². The summed E-state index contributed by atoms with van der Waals surface area (Å²) in [4.78, 5) is 32.3. The molecule has 4 aromatic rings. The van der Waals surface area contributed by atoms with Gasteiger partial charge in [0.2, 0.25) is 0 Å². The van der Waals surface area contributed by atoms with Gasteiger partial charge < -0.3 is 20.1 Å². The first-order valence-electron chi connectivity index (χ1n) is 11.3. The molecule has 0 bridgehead atoms. The quantitative estimate of drug-likeness (QED) is 0.412. The number of ether oxygens (including phenoxy) is 1. The molecule has 0 aliphatic carbocycles. The van der Waals surface area contributed by atoms with Gasteiger partial charge in [0.1, 0.15) is 11.5 Å². The van der Waals surface area contributed by atoms with E-state index in [1.54, 1.807) is 33.9 Å². The molecule has 4 heterocycles. The minimum atomic E-state index is -0.280. The number of nitrogens with zero attached hydrogens (tertiary/aromatic N) is 3. The smallest absolute Gasteiger partial charge is 0.327 e. The van der Waals surface area contributed by atoms with Crippen molar-refractivity contribution in [3.63, 3.8) is 0 Å². The van der Waals surface area contributed by atoms with Crippen molar-refractivity contribution in [2.45, 2.75) is 25.8 Å². The lowest BCUT2D eigenvalue weighted by molar-refractivity contribution is 0.0682. The van der Waals surface area contributed by atoms with E-state index in [1.807, 2.05) is 25.1 Å². The summed E-state index contributed by atoms with van der Waals surface area (Å²) in [7, 11) is 0. The van der Waals surface area contributed by atoms with Crippen LogP contribution in [0, 0.1) is 19.3 Å². The number of likely N-dealkylation sites (tertiary alicyclic amines) is 1. The van der Waals surface area contributed by atoms with Gasteiger partial charge in [0.15, 0.2) is 0 Å². The number of carbonyl (C=O) groups is 2. The second kappa shape index (κ2) is 9.41. The third-order valence-corrected chi connectivity index (χ3v) is 7.29. The Balaban J connectivity index is 1.43. The number of aromatic nitrogens is 2. The Bertz CT molecular complexity index is 1480. The number of thiophene rings is 1. The normalized spacial score (nSPS) is 15.5. The van der Waals surface area contributed by atoms with E-state index in [9.17, 15) is 14.7 Å². The van der Waals surface area contributed by atoms with E-state index in [0.29, 0.717) is 28.4 Å². The lowest BCUT2D eigenvalue weighted by Crippen LogP contribution is -2.37. The second-order valence-electron chi connectivity index (χ2n) is 8.42. The summed E-state index contributed by atoms with van der Waals surface area (Å²) in [6.45, 7) is 2.63. The van der Waals surface area contributed by atoms with E-state index in [0.717, 1.165) is 34.1 Å². The molecule has 35 heavy (non-hydrogen) atoms. The number of aryl methyl sites for hydroxylation is 1. The fraction of sp³-hybridized carbons (Fsp3) is 0.269. The molecular formula is C26H24N4O4S. The molecular weight excluding hydrogens is 464 g/mol. The van der Waals surface area contributed by atoms with Crippen molar-refractivity contribution in [2.75, 3.05) is 19.7 Å². The molecule has 8 nitrogen and oxygen atoms in total. The summed E-state index contributed by atoms with van der Waals surface area (Å²) in [5.41, 5.74) is 2.21. The molecule has 1 fully saturated rings. The summed E-state index contributed by atoms with van der Waals surface area (Å²) in [6.07, 6.45) is 8.61. The Morgan fingerprint density at radius 2 is 2.17 bits per heavy atom. The van der Waals surface area contributed by atoms with E-state index >= 15 is 0 Å². The van der Waals surface area contributed by atoms with Gasteiger partial charge in [-0.2, -0.15) is 0 Å². The molecule has 1 aliphatic heterocycles. The van der Waals surface area contributed by atoms with Crippen molar-refractivity contribution >= 4 is 44.4 Å². The van der Waals surface area contributed by atoms with Crippen LogP contribution in [0.4, 0.5) is 4.79 Å². The Morgan fingerprint density at radius 1 is 1.31 bits per heavy atom. The molecule has 0 spiro atoms. The van der Waals surface area contributed by atoms with E-state index in [-0.39, 0.29) is 31.1 Å². The summed E-state index contributed by atoms with van der Waals surface area (Å²) < 4.78 is 8.56. The van der Waals surface area contributed by atoms with E-state index < -0.39 is 0 Å². The van der Waals surface area contributed by atoms with Gasteiger partial charge in [-0.05, 0) is 50.1 Å². The third kappa shape index (κ3) is 4.22. The molecule has 2 amide bonds. The van der Waals surface area contributed by atoms with Crippen LogP contribution >= 0.6 is 11.3 Å². The van der Waals surface area contributed by atoms with Crippen molar-refractivity contribution < 1.29 is 19.4 Å². The SMILES string of the molecule is C#CCNC(=O)n1c(C)cc2cc(Oc3ccnc4cc(C(=O)N5CCC[C@@H]5CO)sc34)ccc21. The highest BCUT2D eigenvalue weighted by Gasteiger charge is 2.30. The zero-order chi connectivity index (χ0) is 24.5. The number of fused-ring (bicyclic) bond motifs is 2. The van der Waals surface area contributed by atoms with E-state index in [4.69, 9.17) is 11.2 Å². The van der Waals surface area contributed by atoms with Crippen molar-refractivity contribution in [3.8, 4) is 23.8 Å². The standard InChI is InChI=1S/C26H24N4O4S/c1-3-9-28-26(33)30-16(2)12-17-13-19(6-7-21(17)30)34-22-8-10-27-20-14-23(35-24(20)22)25(32)29-11-4-5-18(29)15-31/h1,6-8,10,12-14,18,31H,4-5,9,11,15H2,2H3,(H,28,33)/t18-/m1/s1. The number of amides is 2. The minimum absolute atomic E-state index is 0.0293. The molecule has 0 radical (unpaired) electrons. The predicted molar refractivity (Wildman–Crippen MR) is 135 cm³/mol. The second-order valence-corrected chi connectivity index (χ2v) is 9.47. The first-order chi connectivity index (χ1) is 17.0. The average Bonchev–Trinajstić information content (AvgIpc) is 3.58. The Kier molecular flexibility index (Phi) is 6.16. The maximum Gasteiger partial charge on any atom is 0.327 e. The lowest BCUT2D eigenvalue weighted by atomic mass is 10.2. The number of aliphatic hydroxyl groups is 1. The summed E-state index contributed by atoms with van der Waals surface area (Å²) in [6, 6.07) is 10.6. The van der Waals surface area contributed by atoms with Crippen LogP contribution in [0.5, 0.6) is 11.5 Å². The van der Waals surface area contributed by atoms with Crippen molar-refractivity contribution in [2.24, 2.45) is 0 Å². The van der Waals surface area contributed by atoms with Gasteiger partial charge in [0.05, 0.1) is 39.8 Å². The number of hydrogen-bond donors (Lipinski definition) is 2. The van der Waals surface area contributed by atoms with Crippen LogP contribution in [0.25, 0.3) is 21.1 Å². The lowest BCUT2D eigenvalue weighted by Gasteiger charge is -2.22. The number of rotatable bonds is 5. The molecule has 1 aliphatic rings. The molecule has 1 atom stereocenters. The number of benzene rings is 1. The van der Waals surface area contributed by atoms with Gasteiger partial charge in [-0.25, -0.2) is 4.79 Å². The molecule has 1 saturated heterocycles. The fourth-order valence-corrected chi connectivity index (χ4v) is 5.55. The maximum absolute atomic E-state index is 13.1. The average molecular weight is 489 g/mol. The molecule has 5 rings (SSSR count). The monoisotopic (exact) mass is 488 g/mol. The van der Waals surface area contributed by atoms with Gasteiger partial charge in [0.25, 0.3) is 5.91 Å². The highest BCUT2D eigenvalue weighted by molar-refractivity contribution is 7.21. The largest absolute Gasteiger partial charge is 0.456 e. The topological polar surface area (TPSA) is 96.7 Å². The maximum atomic E-state index is 13.1. The fourth-order valence-electron chi connectivity index (χ4n) is 4.53. The molecule has 3 aromatic heterocycles. The van der Waals surface area contributed by atoms with Gasteiger partial charge in [-0.3, -0.25) is 14.3 Å². The Hall–Kier alpha value is -3.87. The molecule has 0 saturated carbocycles. The molecule has 9 heteroatoms. The van der Waals surface area contributed by atoms with E-state index in [1.165, 1.54) is 11.3 Å². The van der Waals surface area contributed by atoms with Crippen molar-refractivity contribution in [3.05, 3.63) is 53.2 Å². The third-order valence-electron chi connectivity index (χ3n) is 6.16. The minimum Gasteiger partial charge on any atom is -0.456 e. The molecule has 0 unspecified atom stereocenters. The van der Waals surface area contributed by atoms with Crippen molar-refractivity contribution in [1.82, 2.24) is 19.8 Å². The summed E-state index contributed by atoms with van der Waals surface area (Å²) in [5.74, 6) is 3.52. The Morgan fingerprint density at radius 3 is 2.97 bits per heavy atom. The highest BCUT2D eigenvalue weighted by atomic mass is 32.1. The first kappa shape index (κ1) is 22.9.